The average molecular weight is 375 g/mol. The Morgan fingerprint density at radius 1 is 0.857 bits per heavy atom. The lowest BCUT2D eigenvalue weighted by Crippen LogP contribution is -2.28. The van der Waals surface area contributed by atoms with E-state index in [2.05, 4.69) is 5.32 Å². The van der Waals surface area contributed by atoms with Gasteiger partial charge in [-0.2, -0.15) is 0 Å². The summed E-state index contributed by atoms with van der Waals surface area (Å²) < 4.78 is 11.0. The van der Waals surface area contributed by atoms with Crippen LogP contribution in [0, 0.1) is 6.92 Å². The lowest BCUT2D eigenvalue weighted by molar-refractivity contribution is -0.141. The standard InChI is InChI=1S/C23H21NO4/c1-16-7-6-10-21(15-16)27-17(2)23(26)28-20-13-11-18(12-14-20)22(25)24-19-8-4-3-5-9-19/h3-15,17H,1-2H3,(H,24,25). The molecule has 0 fully saturated rings. The normalized spacial score (nSPS) is 11.4. The van der Waals surface area contributed by atoms with Crippen molar-refractivity contribution in [3.63, 3.8) is 0 Å². The Bertz CT molecular complexity index is 952. The minimum Gasteiger partial charge on any atom is -0.479 e. The van der Waals surface area contributed by atoms with Crippen LogP contribution in [-0.2, 0) is 4.79 Å². The minimum atomic E-state index is -0.761. The molecule has 0 saturated heterocycles. The maximum absolute atomic E-state index is 12.2. The van der Waals surface area contributed by atoms with Crippen molar-refractivity contribution in [2.45, 2.75) is 20.0 Å². The van der Waals surface area contributed by atoms with Crippen molar-refractivity contribution < 1.29 is 19.1 Å². The largest absolute Gasteiger partial charge is 0.479 e. The summed E-state index contributed by atoms with van der Waals surface area (Å²) in [7, 11) is 0. The Balaban J connectivity index is 1.57. The number of nitrogens with one attached hydrogen (secondary N) is 1. The molecular weight excluding hydrogens is 354 g/mol. The van der Waals surface area contributed by atoms with Crippen molar-refractivity contribution in [3.05, 3.63) is 90.0 Å². The third-order valence-electron chi connectivity index (χ3n) is 4.00. The first-order valence-electron chi connectivity index (χ1n) is 8.93. The monoisotopic (exact) mass is 375 g/mol. The number of esters is 1. The summed E-state index contributed by atoms with van der Waals surface area (Å²) in [6, 6.07) is 23.0. The Morgan fingerprint density at radius 3 is 2.25 bits per heavy atom. The molecule has 0 saturated carbocycles. The van der Waals surface area contributed by atoms with Crippen LogP contribution in [0.2, 0.25) is 0 Å². The third kappa shape index (κ3) is 5.20. The van der Waals surface area contributed by atoms with E-state index in [4.69, 9.17) is 9.47 Å². The fourth-order valence-electron chi connectivity index (χ4n) is 2.54. The summed E-state index contributed by atoms with van der Waals surface area (Å²) in [5.41, 5.74) is 2.22. The molecule has 0 bridgehead atoms. The second-order valence-electron chi connectivity index (χ2n) is 6.34. The van der Waals surface area contributed by atoms with Gasteiger partial charge in [-0.05, 0) is 67.9 Å². The molecule has 1 atom stereocenters. The fourth-order valence-corrected chi connectivity index (χ4v) is 2.54. The molecule has 0 aliphatic rings. The third-order valence-corrected chi connectivity index (χ3v) is 4.00. The Kier molecular flexibility index (Phi) is 6.07. The molecule has 3 aromatic carbocycles. The van der Waals surface area contributed by atoms with Gasteiger partial charge in [-0.15, -0.1) is 0 Å². The zero-order chi connectivity index (χ0) is 19.9. The van der Waals surface area contributed by atoms with Crippen LogP contribution in [0.4, 0.5) is 5.69 Å². The number of benzene rings is 3. The highest BCUT2D eigenvalue weighted by Crippen LogP contribution is 2.17. The average Bonchev–Trinajstić information content (AvgIpc) is 2.69. The SMILES string of the molecule is Cc1cccc(OC(C)C(=O)Oc2ccc(C(=O)Nc3ccccc3)cc2)c1. The maximum atomic E-state index is 12.2. The quantitative estimate of drug-likeness (QED) is 0.504. The van der Waals surface area contributed by atoms with Crippen LogP contribution in [0.5, 0.6) is 11.5 Å². The van der Waals surface area contributed by atoms with Gasteiger partial charge in [0, 0.05) is 11.3 Å². The van der Waals surface area contributed by atoms with E-state index < -0.39 is 12.1 Å². The molecule has 1 amide bonds. The van der Waals surface area contributed by atoms with Gasteiger partial charge in [0.05, 0.1) is 0 Å². The zero-order valence-corrected chi connectivity index (χ0v) is 15.7. The van der Waals surface area contributed by atoms with Crippen LogP contribution in [0.25, 0.3) is 0 Å². The van der Waals surface area contributed by atoms with Gasteiger partial charge in [-0.1, -0.05) is 30.3 Å². The van der Waals surface area contributed by atoms with Gasteiger partial charge >= 0.3 is 5.97 Å². The molecule has 5 heteroatoms. The van der Waals surface area contributed by atoms with Crippen molar-refractivity contribution in [1.29, 1.82) is 0 Å². The molecular formula is C23H21NO4. The molecule has 0 spiro atoms. The molecule has 142 valence electrons. The highest BCUT2D eigenvalue weighted by molar-refractivity contribution is 6.04. The van der Waals surface area contributed by atoms with Gasteiger partial charge in [-0.25, -0.2) is 4.79 Å². The van der Waals surface area contributed by atoms with E-state index in [0.717, 1.165) is 5.56 Å². The zero-order valence-electron chi connectivity index (χ0n) is 15.7. The summed E-state index contributed by atoms with van der Waals surface area (Å²) in [6.45, 7) is 3.58. The highest BCUT2D eigenvalue weighted by atomic mass is 16.6. The van der Waals surface area contributed by atoms with Gasteiger partial charge in [-0.3, -0.25) is 4.79 Å². The lowest BCUT2D eigenvalue weighted by Gasteiger charge is -2.14. The summed E-state index contributed by atoms with van der Waals surface area (Å²) in [5.74, 6) is 0.210. The number of para-hydroxylation sites is 1. The fraction of sp³-hybridized carbons (Fsp3) is 0.130. The number of rotatable bonds is 6. The van der Waals surface area contributed by atoms with Gasteiger partial charge in [0.1, 0.15) is 11.5 Å². The highest BCUT2D eigenvalue weighted by Gasteiger charge is 2.17. The number of carbonyl (C=O) groups excluding carboxylic acids is 2. The molecule has 28 heavy (non-hydrogen) atoms. The van der Waals surface area contributed by atoms with E-state index >= 15 is 0 Å². The van der Waals surface area contributed by atoms with Crippen molar-refractivity contribution in [2.24, 2.45) is 0 Å². The van der Waals surface area contributed by atoms with E-state index in [9.17, 15) is 9.59 Å². The van der Waals surface area contributed by atoms with Crippen LogP contribution in [0.3, 0.4) is 0 Å². The van der Waals surface area contributed by atoms with Crippen LogP contribution >= 0.6 is 0 Å². The molecule has 5 nitrogen and oxygen atoms in total. The first kappa shape index (κ1) is 19.2. The molecule has 0 aliphatic heterocycles. The van der Waals surface area contributed by atoms with Crippen molar-refractivity contribution in [1.82, 2.24) is 0 Å². The smallest absolute Gasteiger partial charge is 0.352 e. The second kappa shape index (κ2) is 8.86. The van der Waals surface area contributed by atoms with Crippen LogP contribution < -0.4 is 14.8 Å². The van der Waals surface area contributed by atoms with Crippen LogP contribution in [-0.4, -0.2) is 18.0 Å². The van der Waals surface area contributed by atoms with E-state index in [1.165, 1.54) is 0 Å². The van der Waals surface area contributed by atoms with Crippen LogP contribution in [0.1, 0.15) is 22.8 Å². The first-order chi connectivity index (χ1) is 13.5. The summed E-state index contributed by atoms with van der Waals surface area (Å²) >= 11 is 0. The topological polar surface area (TPSA) is 64.6 Å². The first-order valence-corrected chi connectivity index (χ1v) is 8.93. The molecule has 1 N–H and O–H groups in total. The number of hydrogen-bond donors (Lipinski definition) is 1. The van der Waals surface area contributed by atoms with Crippen molar-refractivity contribution in [3.8, 4) is 11.5 Å². The van der Waals surface area contributed by atoms with E-state index in [1.54, 1.807) is 37.3 Å². The van der Waals surface area contributed by atoms with E-state index in [0.29, 0.717) is 22.7 Å². The number of carbonyl (C=O) groups is 2. The Morgan fingerprint density at radius 2 is 1.57 bits per heavy atom. The van der Waals surface area contributed by atoms with Crippen molar-refractivity contribution >= 4 is 17.6 Å². The summed E-state index contributed by atoms with van der Waals surface area (Å²) in [5, 5.41) is 2.80. The summed E-state index contributed by atoms with van der Waals surface area (Å²) in [6.07, 6.45) is -0.761. The molecule has 1 unspecified atom stereocenters. The minimum absolute atomic E-state index is 0.236. The molecule has 0 aliphatic carbocycles. The molecule has 0 aromatic heterocycles. The number of amides is 1. The van der Waals surface area contributed by atoms with Crippen LogP contribution in [0.15, 0.2) is 78.9 Å². The lowest BCUT2D eigenvalue weighted by atomic mass is 10.2. The summed E-state index contributed by atoms with van der Waals surface area (Å²) in [4.78, 5) is 24.5. The number of anilines is 1. The Hall–Kier alpha value is -3.60. The van der Waals surface area contributed by atoms with Gasteiger partial charge in [0.15, 0.2) is 6.10 Å². The van der Waals surface area contributed by atoms with Crippen molar-refractivity contribution in [2.75, 3.05) is 5.32 Å². The second-order valence-corrected chi connectivity index (χ2v) is 6.34. The van der Waals surface area contributed by atoms with Gasteiger partial charge in [0.25, 0.3) is 5.91 Å². The number of aryl methyl sites for hydroxylation is 1. The molecule has 3 rings (SSSR count). The molecule has 3 aromatic rings. The predicted molar refractivity (Wildman–Crippen MR) is 108 cm³/mol. The van der Waals surface area contributed by atoms with Gasteiger partial charge in [0.2, 0.25) is 0 Å². The van der Waals surface area contributed by atoms with E-state index in [1.807, 2.05) is 55.5 Å². The predicted octanol–water partition coefficient (Wildman–Crippen LogP) is 4.62. The Labute approximate surface area is 163 Å². The number of hydrogen-bond acceptors (Lipinski definition) is 4. The van der Waals surface area contributed by atoms with E-state index in [-0.39, 0.29) is 5.91 Å². The number of ether oxygens (including phenoxy) is 2. The maximum Gasteiger partial charge on any atom is 0.352 e. The van der Waals surface area contributed by atoms with Gasteiger partial charge < -0.3 is 14.8 Å². The molecule has 0 heterocycles. The molecule has 0 radical (unpaired) electrons.